The number of para-hydroxylation sites is 1. The zero-order valence-electron chi connectivity index (χ0n) is 16.9. The van der Waals surface area contributed by atoms with Crippen LogP contribution in [0.1, 0.15) is 56.4 Å². The van der Waals surface area contributed by atoms with Crippen LogP contribution in [0.15, 0.2) is 60.7 Å². The molecular formula is C25H31NO3. The highest BCUT2D eigenvalue weighted by molar-refractivity contribution is 5.96. The van der Waals surface area contributed by atoms with Gasteiger partial charge in [-0.05, 0) is 43.4 Å². The van der Waals surface area contributed by atoms with Gasteiger partial charge in [-0.1, -0.05) is 61.4 Å². The number of hydrogen-bond acceptors (Lipinski definition) is 2. The summed E-state index contributed by atoms with van der Waals surface area (Å²) in [7, 11) is 0. The van der Waals surface area contributed by atoms with Gasteiger partial charge in [0.1, 0.15) is 5.78 Å². The summed E-state index contributed by atoms with van der Waals surface area (Å²) in [6.07, 6.45) is 6.56. The Bertz CT molecular complexity index is 805. The van der Waals surface area contributed by atoms with Crippen LogP contribution >= 0.6 is 0 Å². The first-order valence-electron chi connectivity index (χ1n) is 10.7. The largest absolute Gasteiger partial charge is 0.412 e. The lowest BCUT2D eigenvalue weighted by molar-refractivity contribution is -0.128. The van der Waals surface area contributed by atoms with E-state index in [9.17, 15) is 9.59 Å². The standard InChI is InChI=1S/C25H29NO2.H2O/c27-23-17-8-7-15-21(23)24(19-11-3-1-4-12-19)22-16-9-10-18-26(25(22)28)20-13-5-2-6-14-20;/h1-6,11-14,21-22,24H,7-10,15-18H2;1H2/t21-,22+,24-;/m0./s1. The Morgan fingerprint density at radius 3 is 2.07 bits per heavy atom. The minimum Gasteiger partial charge on any atom is -0.412 e. The van der Waals surface area contributed by atoms with Gasteiger partial charge in [-0.15, -0.1) is 0 Å². The molecule has 2 fully saturated rings. The zero-order chi connectivity index (χ0) is 19.3. The number of hydrogen-bond donors (Lipinski definition) is 0. The van der Waals surface area contributed by atoms with Crippen molar-refractivity contribution >= 4 is 17.4 Å². The molecule has 1 heterocycles. The third-order valence-corrected chi connectivity index (χ3v) is 6.45. The molecule has 1 amide bonds. The van der Waals surface area contributed by atoms with E-state index < -0.39 is 0 Å². The highest BCUT2D eigenvalue weighted by Crippen LogP contribution is 2.43. The van der Waals surface area contributed by atoms with Crippen LogP contribution in [-0.2, 0) is 9.59 Å². The van der Waals surface area contributed by atoms with E-state index >= 15 is 0 Å². The van der Waals surface area contributed by atoms with Gasteiger partial charge in [-0.25, -0.2) is 0 Å². The van der Waals surface area contributed by atoms with E-state index in [0.717, 1.165) is 56.3 Å². The summed E-state index contributed by atoms with van der Waals surface area (Å²) in [6, 6.07) is 20.3. The molecule has 1 saturated heterocycles. The fourth-order valence-corrected chi connectivity index (χ4v) is 5.08. The topological polar surface area (TPSA) is 68.9 Å². The van der Waals surface area contributed by atoms with Gasteiger partial charge in [-0.3, -0.25) is 9.59 Å². The van der Waals surface area contributed by atoms with Crippen molar-refractivity contribution in [1.82, 2.24) is 0 Å². The Hall–Kier alpha value is -2.46. The number of amides is 1. The Morgan fingerprint density at radius 2 is 1.38 bits per heavy atom. The molecule has 2 aromatic rings. The second-order valence-electron chi connectivity index (χ2n) is 8.18. The molecule has 1 aliphatic heterocycles. The molecular weight excluding hydrogens is 362 g/mol. The maximum absolute atomic E-state index is 13.7. The lowest BCUT2D eigenvalue weighted by Crippen LogP contribution is -2.41. The highest BCUT2D eigenvalue weighted by Gasteiger charge is 2.41. The minimum atomic E-state index is -0.128. The van der Waals surface area contributed by atoms with Gasteiger partial charge in [0.25, 0.3) is 0 Å². The molecule has 0 aromatic heterocycles. The SMILES string of the molecule is O.O=C1CCCC[C@@H]1[C@H](c1ccccc1)[C@H]1CCCCN(c2ccccc2)C1=O. The van der Waals surface area contributed by atoms with Crippen molar-refractivity contribution in [3.63, 3.8) is 0 Å². The number of carbonyl (C=O) groups is 2. The lowest BCUT2D eigenvalue weighted by atomic mass is 9.69. The summed E-state index contributed by atoms with van der Waals surface area (Å²) in [5.41, 5.74) is 2.12. The first-order valence-corrected chi connectivity index (χ1v) is 10.7. The quantitative estimate of drug-likeness (QED) is 0.765. The number of ketones is 1. The molecule has 0 spiro atoms. The summed E-state index contributed by atoms with van der Waals surface area (Å²) < 4.78 is 0. The fraction of sp³-hybridized carbons (Fsp3) is 0.440. The predicted molar refractivity (Wildman–Crippen MR) is 116 cm³/mol. The number of anilines is 1. The van der Waals surface area contributed by atoms with Gasteiger partial charge in [0, 0.05) is 36.4 Å². The number of nitrogens with zero attached hydrogens (tertiary/aromatic N) is 1. The maximum Gasteiger partial charge on any atom is 0.230 e. The van der Waals surface area contributed by atoms with Gasteiger partial charge in [0.15, 0.2) is 0 Å². The zero-order valence-corrected chi connectivity index (χ0v) is 16.9. The van der Waals surface area contributed by atoms with Crippen LogP contribution in [0.4, 0.5) is 5.69 Å². The summed E-state index contributed by atoms with van der Waals surface area (Å²) in [4.78, 5) is 28.6. The van der Waals surface area contributed by atoms with Gasteiger partial charge in [0.05, 0.1) is 0 Å². The second kappa shape index (κ2) is 9.84. The molecule has 0 unspecified atom stereocenters. The maximum atomic E-state index is 13.7. The van der Waals surface area contributed by atoms with E-state index in [4.69, 9.17) is 0 Å². The number of rotatable bonds is 4. The van der Waals surface area contributed by atoms with Crippen molar-refractivity contribution < 1.29 is 15.1 Å². The van der Waals surface area contributed by atoms with E-state index in [2.05, 4.69) is 12.1 Å². The number of carbonyl (C=O) groups excluding carboxylic acids is 2. The van der Waals surface area contributed by atoms with E-state index in [1.807, 2.05) is 53.4 Å². The van der Waals surface area contributed by atoms with Crippen LogP contribution in [0.5, 0.6) is 0 Å². The van der Waals surface area contributed by atoms with E-state index in [1.165, 1.54) is 0 Å². The van der Waals surface area contributed by atoms with Crippen LogP contribution in [0, 0.1) is 11.8 Å². The summed E-state index contributed by atoms with van der Waals surface area (Å²) >= 11 is 0. The first kappa shape index (κ1) is 21.3. The Balaban J connectivity index is 0.00000240. The van der Waals surface area contributed by atoms with Crippen molar-refractivity contribution in [2.45, 2.75) is 50.9 Å². The first-order chi connectivity index (χ1) is 13.8. The summed E-state index contributed by atoms with van der Waals surface area (Å²) in [5, 5.41) is 0. The Kier molecular flexibility index (Phi) is 7.21. The van der Waals surface area contributed by atoms with Crippen molar-refractivity contribution in [3.8, 4) is 0 Å². The van der Waals surface area contributed by atoms with E-state index in [-0.39, 0.29) is 29.1 Å². The van der Waals surface area contributed by atoms with Crippen molar-refractivity contribution in [2.75, 3.05) is 11.4 Å². The highest BCUT2D eigenvalue weighted by atomic mass is 16.2. The van der Waals surface area contributed by atoms with Crippen LogP contribution in [-0.4, -0.2) is 23.7 Å². The van der Waals surface area contributed by atoms with Crippen LogP contribution < -0.4 is 4.90 Å². The third kappa shape index (κ3) is 4.59. The smallest absolute Gasteiger partial charge is 0.230 e. The average Bonchev–Trinajstić information content (AvgIpc) is 2.93. The Labute approximate surface area is 173 Å². The molecule has 1 aliphatic carbocycles. The monoisotopic (exact) mass is 393 g/mol. The molecule has 2 aromatic carbocycles. The van der Waals surface area contributed by atoms with Crippen molar-refractivity contribution in [1.29, 1.82) is 0 Å². The molecule has 4 nitrogen and oxygen atoms in total. The molecule has 2 aliphatic rings. The number of benzene rings is 2. The van der Waals surface area contributed by atoms with Crippen LogP contribution in [0.2, 0.25) is 0 Å². The Morgan fingerprint density at radius 1 is 0.759 bits per heavy atom. The fourth-order valence-electron chi connectivity index (χ4n) is 5.08. The molecule has 154 valence electrons. The minimum absolute atomic E-state index is 0. The normalized spacial score (nSPS) is 23.8. The molecule has 0 bridgehead atoms. The lowest BCUT2D eigenvalue weighted by Gasteiger charge is -2.36. The van der Waals surface area contributed by atoms with Gasteiger partial charge in [-0.2, -0.15) is 0 Å². The molecule has 29 heavy (non-hydrogen) atoms. The summed E-state index contributed by atoms with van der Waals surface area (Å²) in [5.74, 6) is 0.378. The number of Topliss-reactive ketones (excluding diaryl/α,β-unsaturated/α-hetero) is 1. The average molecular weight is 394 g/mol. The van der Waals surface area contributed by atoms with Gasteiger partial charge in [0.2, 0.25) is 5.91 Å². The molecule has 1 saturated carbocycles. The van der Waals surface area contributed by atoms with Crippen LogP contribution in [0.25, 0.3) is 0 Å². The molecule has 3 atom stereocenters. The van der Waals surface area contributed by atoms with E-state index in [1.54, 1.807) is 0 Å². The second-order valence-corrected chi connectivity index (χ2v) is 8.18. The van der Waals surface area contributed by atoms with Crippen molar-refractivity contribution in [2.24, 2.45) is 11.8 Å². The summed E-state index contributed by atoms with van der Waals surface area (Å²) in [6.45, 7) is 0.763. The molecule has 4 heteroatoms. The predicted octanol–water partition coefficient (Wildman–Crippen LogP) is 4.54. The van der Waals surface area contributed by atoms with Crippen LogP contribution in [0.3, 0.4) is 0 Å². The molecule has 2 N–H and O–H groups in total. The van der Waals surface area contributed by atoms with E-state index in [0.29, 0.717) is 12.2 Å². The van der Waals surface area contributed by atoms with Gasteiger partial charge < -0.3 is 10.4 Å². The molecule has 0 radical (unpaired) electrons. The third-order valence-electron chi connectivity index (χ3n) is 6.45. The van der Waals surface area contributed by atoms with Crippen molar-refractivity contribution in [3.05, 3.63) is 66.2 Å². The molecule has 4 rings (SSSR count). The van der Waals surface area contributed by atoms with Gasteiger partial charge >= 0.3 is 0 Å².